The van der Waals surface area contributed by atoms with Gasteiger partial charge >= 0.3 is 5.82 Å². The lowest BCUT2D eigenvalue weighted by Crippen LogP contribution is -2.38. The fraction of sp³-hybridized carbons (Fsp3) is 0.600. The summed E-state index contributed by atoms with van der Waals surface area (Å²) in [6.07, 6.45) is 6.21. The van der Waals surface area contributed by atoms with Crippen LogP contribution in [0.4, 0.5) is 11.6 Å². The van der Waals surface area contributed by atoms with Gasteiger partial charge in [0.25, 0.3) is 0 Å². The van der Waals surface area contributed by atoms with Crippen molar-refractivity contribution >= 4 is 17.3 Å². The summed E-state index contributed by atoms with van der Waals surface area (Å²) in [6, 6.07) is 3.58. The highest BCUT2D eigenvalue weighted by atomic mass is 16.6. The number of anilines is 1. The van der Waals surface area contributed by atoms with Crippen molar-refractivity contribution in [2.24, 2.45) is 11.3 Å². The minimum atomic E-state index is -0.469. The normalized spacial score (nSPS) is 16.7. The SMILES string of the molecule is CC(C)CC1(CNc2ccc3ncc([N+](=O)[O-])n3n2)CCC1. The number of nitrogens with zero attached hydrogens (tertiary/aromatic N) is 4. The zero-order valence-electron chi connectivity index (χ0n) is 13.0. The van der Waals surface area contributed by atoms with E-state index < -0.39 is 4.92 Å². The van der Waals surface area contributed by atoms with Crippen molar-refractivity contribution in [2.75, 3.05) is 11.9 Å². The fourth-order valence-corrected chi connectivity index (χ4v) is 3.35. The van der Waals surface area contributed by atoms with Crippen LogP contribution in [0, 0.1) is 21.4 Å². The highest BCUT2D eigenvalue weighted by Gasteiger charge is 2.37. The molecule has 2 heterocycles. The average molecular weight is 303 g/mol. The smallest absolute Gasteiger partial charge is 0.366 e. The molecule has 118 valence electrons. The van der Waals surface area contributed by atoms with Gasteiger partial charge in [0.2, 0.25) is 5.65 Å². The number of hydrogen-bond acceptors (Lipinski definition) is 5. The van der Waals surface area contributed by atoms with E-state index in [9.17, 15) is 10.1 Å². The van der Waals surface area contributed by atoms with Crippen molar-refractivity contribution in [1.82, 2.24) is 14.6 Å². The van der Waals surface area contributed by atoms with Gasteiger partial charge in [0, 0.05) is 12.6 Å². The Kier molecular flexibility index (Phi) is 3.72. The first-order chi connectivity index (χ1) is 10.5. The molecule has 2 aromatic rings. The number of nitrogens with one attached hydrogen (secondary N) is 1. The van der Waals surface area contributed by atoms with Crippen LogP contribution in [0.5, 0.6) is 0 Å². The second kappa shape index (κ2) is 5.55. The van der Waals surface area contributed by atoms with Crippen molar-refractivity contribution in [1.29, 1.82) is 0 Å². The predicted molar refractivity (Wildman–Crippen MR) is 83.9 cm³/mol. The molecule has 22 heavy (non-hydrogen) atoms. The molecule has 0 saturated heterocycles. The summed E-state index contributed by atoms with van der Waals surface area (Å²) >= 11 is 0. The van der Waals surface area contributed by atoms with Crippen LogP contribution in [0.3, 0.4) is 0 Å². The quantitative estimate of drug-likeness (QED) is 0.654. The highest BCUT2D eigenvalue weighted by molar-refractivity contribution is 5.48. The van der Waals surface area contributed by atoms with Crippen LogP contribution in [0.2, 0.25) is 0 Å². The molecule has 0 radical (unpaired) electrons. The van der Waals surface area contributed by atoms with Gasteiger partial charge in [-0.2, -0.15) is 0 Å². The summed E-state index contributed by atoms with van der Waals surface area (Å²) in [4.78, 5) is 14.5. The zero-order valence-corrected chi connectivity index (χ0v) is 13.0. The number of nitro groups is 1. The number of fused-ring (bicyclic) bond motifs is 1. The predicted octanol–water partition coefficient (Wildman–Crippen LogP) is 3.27. The standard InChI is InChI=1S/C15H21N5O2/c1-11(2)8-15(6-3-7-15)10-17-12-4-5-13-16-9-14(20(21)22)19(13)18-12/h4-5,9,11H,3,6-8,10H2,1-2H3,(H,17,18). The third-order valence-electron chi connectivity index (χ3n) is 4.43. The largest absolute Gasteiger partial charge is 0.368 e. The highest BCUT2D eigenvalue weighted by Crippen LogP contribution is 2.45. The Labute approximate surface area is 128 Å². The summed E-state index contributed by atoms with van der Waals surface area (Å²) in [5.74, 6) is 1.22. The zero-order chi connectivity index (χ0) is 15.7. The van der Waals surface area contributed by atoms with Gasteiger partial charge in [-0.1, -0.05) is 29.9 Å². The maximum Gasteiger partial charge on any atom is 0.368 e. The molecule has 0 aromatic carbocycles. The molecule has 1 aliphatic carbocycles. The van der Waals surface area contributed by atoms with Crippen LogP contribution in [0.1, 0.15) is 39.5 Å². The Morgan fingerprint density at radius 1 is 1.45 bits per heavy atom. The third kappa shape index (κ3) is 2.75. The summed E-state index contributed by atoms with van der Waals surface area (Å²) in [5.41, 5.74) is 0.837. The number of rotatable bonds is 6. The van der Waals surface area contributed by atoms with Crippen LogP contribution in [0.15, 0.2) is 18.3 Å². The molecule has 1 saturated carbocycles. The fourth-order valence-electron chi connectivity index (χ4n) is 3.35. The molecule has 7 nitrogen and oxygen atoms in total. The van der Waals surface area contributed by atoms with E-state index in [1.807, 2.05) is 6.07 Å². The van der Waals surface area contributed by atoms with Gasteiger partial charge in [0.1, 0.15) is 6.20 Å². The molecular formula is C15H21N5O2. The number of hydrogen-bond donors (Lipinski definition) is 1. The molecule has 0 bridgehead atoms. The molecule has 0 spiro atoms. The van der Waals surface area contributed by atoms with Gasteiger partial charge in [-0.05, 0) is 41.6 Å². The maximum absolute atomic E-state index is 11.0. The lowest BCUT2D eigenvalue weighted by Gasteiger charge is -2.43. The topological polar surface area (TPSA) is 85.4 Å². The first-order valence-corrected chi connectivity index (χ1v) is 7.72. The van der Waals surface area contributed by atoms with E-state index in [0.29, 0.717) is 22.8 Å². The molecular weight excluding hydrogens is 282 g/mol. The second-order valence-electron chi connectivity index (χ2n) is 6.67. The Hall–Kier alpha value is -2.18. The van der Waals surface area contributed by atoms with Crippen molar-refractivity contribution < 1.29 is 4.92 Å². The lowest BCUT2D eigenvalue weighted by atomic mass is 9.64. The van der Waals surface area contributed by atoms with Gasteiger partial charge in [-0.3, -0.25) is 0 Å². The van der Waals surface area contributed by atoms with Gasteiger partial charge in [-0.25, -0.2) is 4.98 Å². The minimum absolute atomic E-state index is 0.112. The van der Waals surface area contributed by atoms with Crippen molar-refractivity contribution in [2.45, 2.75) is 39.5 Å². The van der Waals surface area contributed by atoms with Gasteiger partial charge in [0.15, 0.2) is 5.82 Å². The van der Waals surface area contributed by atoms with Crippen LogP contribution < -0.4 is 5.32 Å². The van der Waals surface area contributed by atoms with Crippen LogP contribution in [-0.4, -0.2) is 26.1 Å². The van der Waals surface area contributed by atoms with E-state index in [1.54, 1.807) is 6.07 Å². The van der Waals surface area contributed by atoms with Crippen molar-refractivity contribution in [3.63, 3.8) is 0 Å². The molecule has 1 N–H and O–H groups in total. The van der Waals surface area contributed by atoms with E-state index in [1.165, 1.54) is 36.4 Å². The van der Waals surface area contributed by atoms with E-state index in [-0.39, 0.29) is 5.82 Å². The summed E-state index contributed by atoms with van der Waals surface area (Å²) in [7, 11) is 0. The number of aromatic nitrogens is 3. The van der Waals surface area contributed by atoms with Crippen molar-refractivity contribution in [3.05, 3.63) is 28.4 Å². The van der Waals surface area contributed by atoms with E-state index in [0.717, 1.165) is 6.54 Å². The Morgan fingerprint density at radius 2 is 2.23 bits per heavy atom. The summed E-state index contributed by atoms with van der Waals surface area (Å²) < 4.78 is 1.28. The van der Waals surface area contributed by atoms with Crippen LogP contribution in [0.25, 0.3) is 5.65 Å². The average Bonchev–Trinajstić information content (AvgIpc) is 2.84. The van der Waals surface area contributed by atoms with Gasteiger partial charge in [-0.15, -0.1) is 0 Å². The molecule has 0 atom stereocenters. The molecule has 0 aliphatic heterocycles. The molecule has 1 aliphatic rings. The molecule has 2 aromatic heterocycles. The second-order valence-corrected chi connectivity index (χ2v) is 6.67. The number of imidazole rings is 1. The molecule has 0 amide bonds. The molecule has 3 rings (SSSR count). The Morgan fingerprint density at radius 3 is 2.82 bits per heavy atom. The summed E-state index contributed by atoms with van der Waals surface area (Å²) in [6.45, 7) is 5.37. The van der Waals surface area contributed by atoms with E-state index >= 15 is 0 Å². The first kappa shape index (κ1) is 14.7. The molecule has 1 fully saturated rings. The Bertz CT molecular complexity index is 690. The third-order valence-corrected chi connectivity index (χ3v) is 4.43. The van der Waals surface area contributed by atoms with Crippen molar-refractivity contribution in [3.8, 4) is 0 Å². The molecule has 0 unspecified atom stereocenters. The molecule has 7 heteroatoms. The van der Waals surface area contributed by atoms with Crippen LogP contribution in [-0.2, 0) is 0 Å². The lowest BCUT2D eigenvalue weighted by molar-refractivity contribution is -0.391. The minimum Gasteiger partial charge on any atom is -0.366 e. The van der Waals surface area contributed by atoms with Gasteiger partial charge in [0.05, 0.1) is 0 Å². The Balaban J connectivity index is 1.76. The summed E-state index contributed by atoms with van der Waals surface area (Å²) in [5, 5.41) is 18.6. The van der Waals surface area contributed by atoms with E-state index in [2.05, 4.69) is 29.2 Å². The first-order valence-electron chi connectivity index (χ1n) is 7.72. The maximum atomic E-state index is 11.0. The van der Waals surface area contributed by atoms with Crippen LogP contribution >= 0.6 is 0 Å². The van der Waals surface area contributed by atoms with Gasteiger partial charge < -0.3 is 15.4 Å². The monoisotopic (exact) mass is 303 g/mol. The van der Waals surface area contributed by atoms with E-state index in [4.69, 9.17) is 0 Å².